The highest BCUT2D eigenvalue weighted by Gasteiger charge is 2.44. The maximum atomic E-state index is 13.8. The van der Waals surface area contributed by atoms with Crippen LogP contribution < -0.4 is 0 Å². The zero-order valence-corrected chi connectivity index (χ0v) is 14.1. The topological polar surface area (TPSA) is 77.9 Å². The monoisotopic (exact) mass is 356 g/mol. The number of hydrogen-bond donors (Lipinski definition) is 1. The normalized spacial score (nSPS) is 20.3. The van der Waals surface area contributed by atoms with Crippen molar-refractivity contribution in [3.05, 3.63) is 34.6 Å². The van der Waals surface area contributed by atoms with Gasteiger partial charge in [0.1, 0.15) is 12.4 Å². The van der Waals surface area contributed by atoms with E-state index in [4.69, 9.17) is 16.7 Å². The average Bonchev–Trinajstić information content (AvgIpc) is 2.82. The number of nitrogens with zero attached hydrogens (tertiary/aromatic N) is 2. The van der Waals surface area contributed by atoms with Gasteiger partial charge in [0.15, 0.2) is 0 Å². The maximum Gasteiger partial charge on any atom is 0.323 e. The van der Waals surface area contributed by atoms with E-state index < -0.39 is 36.2 Å². The highest BCUT2D eigenvalue weighted by molar-refractivity contribution is 6.30. The Labute approximate surface area is 143 Å². The quantitative estimate of drug-likeness (QED) is 0.874. The third kappa shape index (κ3) is 3.51. The predicted molar refractivity (Wildman–Crippen MR) is 84.9 cm³/mol. The molecule has 1 N–H and O–H groups in total. The van der Waals surface area contributed by atoms with Crippen molar-refractivity contribution < 1.29 is 23.9 Å². The van der Waals surface area contributed by atoms with Crippen LogP contribution >= 0.6 is 11.6 Å². The van der Waals surface area contributed by atoms with Crippen LogP contribution in [0.3, 0.4) is 0 Å². The van der Waals surface area contributed by atoms with E-state index in [0.717, 1.165) is 0 Å². The minimum absolute atomic E-state index is 0.0413. The minimum Gasteiger partial charge on any atom is -0.480 e. The van der Waals surface area contributed by atoms with Crippen LogP contribution in [0, 0.1) is 11.7 Å². The van der Waals surface area contributed by atoms with Gasteiger partial charge in [-0.15, -0.1) is 0 Å². The molecule has 0 aromatic heterocycles. The summed E-state index contributed by atoms with van der Waals surface area (Å²) in [7, 11) is 1.54. The highest BCUT2D eigenvalue weighted by Crippen LogP contribution is 2.38. The molecule has 1 aliphatic rings. The van der Waals surface area contributed by atoms with Crippen molar-refractivity contribution in [1.82, 2.24) is 9.80 Å². The van der Waals surface area contributed by atoms with Gasteiger partial charge < -0.3 is 14.9 Å². The number of amides is 2. The number of hydrogen-bond acceptors (Lipinski definition) is 3. The first-order chi connectivity index (χ1) is 11.3. The molecule has 2 amide bonds. The lowest BCUT2D eigenvalue weighted by atomic mass is 9.92. The molecular weight excluding hydrogens is 339 g/mol. The second-order valence-corrected chi connectivity index (χ2v) is 6.09. The molecule has 1 aliphatic heterocycles. The number of benzene rings is 1. The number of likely N-dealkylation sites (tertiary alicyclic amines) is 1. The Hall–Kier alpha value is -2.15. The van der Waals surface area contributed by atoms with E-state index in [1.54, 1.807) is 20.0 Å². The Balaban J connectivity index is 2.36. The van der Waals surface area contributed by atoms with Crippen LogP contribution in [-0.2, 0) is 14.4 Å². The number of carbonyl (C=O) groups excluding carboxylic acids is 2. The Bertz CT molecular complexity index is 682. The molecule has 1 aromatic carbocycles. The van der Waals surface area contributed by atoms with Crippen molar-refractivity contribution in [2.24, 2.45) is 5.92 Å². The van der Waals surface area contributed by atoms with E-state index in [1.165, 1.54) is 21.9 Å². The van der Waals surface area contributed by atoms with Gasteiger partial charge in [-0.1, -0.05) is 17.7 Å². The zero-order chi connectivity index (χ0) is 18.0. The number of aliphatic carboxylic acids is 1. The maximum absolute atomic E-state index is 13.8. The number of carboxylic acid groups (broad SMARTS) is 1. The molecule has 1 fully saturated rings. The summed E-state index contributed by atoms with van der Waals surface area (Å²) in [6.07, 6.45) is -0.0413. The molecule has 0 radical (unpaired) electrons. The molecule has 1 aromatic rings. The minimum atomic E-state index is -1.13. The molecule has 6 nitrogen and oxygen atoms in total. The number of carboxylic acids is 1. The van der Waals surface area contributed by atoms with Gasteiger partial charge in [-0.3, -0.25) is 14.4 Å². The first-order valence-corrected chi connectivity index (χ1v) is 7.85. The van der Waals surface area contributed by atoms with Crippen molar-refractivity contribution in [2.45, 2.75) is 19.4 Å². The molecule has 0 saturated carbocycles. The fourth-order valence-corrected chi connectivity index (χ4v) is 3.10. The smallest absolute Gasteiger partial charge is 0.323 e. The van der Waals surface area contributed by atoms with Gasteiger partial charge in [0.2, 0.25) is 11.8 Å². The summed E-state index contributed by atoms with van der Waals surface area (Å²) < 4.78 is 13.8. The van der Waals surface area contributed by atoms with Crippen LogP contribution in [0.25, 0.3) is 0 Å². The van der Waals surface area contributed by atoms with E-state index in [9.17, 15) is 18.8 Å². The van der Waals surface area contributed by atoms with Crippen LogP contribution in [-0.4, -0.2) is 52.8 Å². The second-order valence-electron chi connectivity index (χ2n) is 5.68. The summed E-state index contributed by atoms with van der Waals surface area (Å²) in [6, 6.07) is 3.49. The molecule has 8 heteroatoms. The Morgan fingerprint density at radius 2 is 2.12 bits per heavy atom. The molecule has 1 saturated heterocycles. The van der Waals surface area contributed by atoms with Crippen LogP contribution in [0.4, 0.5) is 4.39 Å². The Morgan fingerprint density at radius 1 is 1.46 bits per heavy atom. The van der Waals surface area contributed by atoms with Gasteiger partial charge >= 0.3 is 5.97 Å². The molecule has 2 atom stereocenters. The fraction of sp³-hybridized carbons (Fsp3) is 0.438. The van der Waals surface area contributed by atoms with Crippen molar-refractivity contribution >= 4 is 29.4 Å². The molecule has 0 spiro atoms. The Morgan fingerprint density at radius 3 is 2.67 bits per heavy atom. The molecule has 0 aliphatic carbocycles. The van der Waals surface area contributed by atoms with Crippen molar-refractivity contribution in [3.63, 3.8) is 0 Å². The van der Waals surface area contributed by atoms with Crippen molar-refractivity contribution in [3.8, 4) is 0 Å². The van der Waals surface area contributed by atoms with E-state index in [0.29, 0.717) is 5.56 Å². The number of halogens is 2. The second kappa shape index (κ2) is 7.17. The standard InChI is InChI=1S/C16H18ClFN2O4/c1-3-20(8-14(22)23)16(24)10-7-13(21)19(2)15(10)9-4-5-11(17)12(18)6-9/h4-6,10,15H,3,7-8H2,1-2H3,(H,22,23). The number of carbonyl (C=O) groups is 3. The SMILES string of the molecule is CCN(CC(=O)O)C(=O)C1CC(=O)N(C)C1c1ccc(Cl)c(F)c1. The highest BCUT2D eigenvalue weighted by atomic mass is 35.5. The first kappa shape index (κ1) is 18.2. The van der Waals surface area contributed by atoms with Gasteiger partial charge in [-0.25, -0.2) is 4.39 Å². The summed E-state index contributed by atoms with van der Waals surface area (Å²) in [5, 5.41) is 8.88. The number of rotatable bonds is 5. The van der Waals surface area contributed by atoms with Gasteiger partial charge in [-0.05, 0) is 24.6 Å². The van der Waals surface area contributed by atoms with E-state index in [1.807, 2.05) is 0 Å². The van der Waals surface area contributed by atoms with Crippen molar-refractivity contribution in [1.29, 1.82) is 0 Å². The zero-order valence-electron chi connectivity index (χ0n) is 13.3. The largest absolute Gasteiger partial charge is 0.480 e. The molecule has 130 valence electrons. The van der Waals surface area contributed by atoms with Crippen LogP contribution in [0.1, 0.15) is 24.9 Å². The lowest BCUT2D eigenvalue weighted by molar-refractivity contribution is -0.146. The molecular formula is C16H18ClFN2O4. The van der Waals surface area contributed by atoms with Gasteiger partial charge in [0, 0.05) is 20.0 Å². The van der Waals surface area contributed by atoms with Crippen LogP contribution in [0.15, 0.2) is 18.2 Å². The Kier molecular flexibility index (Phi) is 5.43. The van der Waals surface area contributed by atoms with Gasteiger partial charge in [0.25, 0.3) is 0 Å². The van der Waals surface area contributed by atoms with E-state index >= 15 is 0 Å². The summed E-state index contributed by atoms with van der Waals surface area (Å²) >= 11 is 5.69. The average molecular weight is 357 g/mol. The van der Waals surface area contributed by atoms with Gasteiger partial charge in [0.05, 0.1) is 17.0 Å². The molecule has 2 unspecified atom stereocenters. The summed E-state index contributed by atoms with van der Waals surface area (Å²) in [6.45, 7) is 1.44. The summed E-state index contributed by atoms with van der Waals surface area (Å²) in [5.74, 6) is -3.21. The molecule has 1 heterocycles. The molecule has 0 bridgehead atoms. The fourth-order valence-electron chi connectivity index (χ4n) is 2.99. The summed E-state index contributed by atoms with van der Waals surface area (Å²) in [5.41, 5.74) is 0.454. The van der Waals surface area contributed by atoms with Crippen molar-refractivity contribution in [2.75, 3.05) is 20.1 Å². The molecule has 2 rings (SSSR count). The first-order valence-electron chi connectivity index (χ1n) is 7.47. The third-order valence-electron chi connectivity index (χ3n) is 4.21. The lowest BCUT2D eigenvalue weighted by Gasteiger charge is -2.28. The van der Waals surface area contributed by atoms with Gasteiger partial charge in [-0.2, -0.15) is 0 Å². The number of likely N-dealkylation sites (N-methyl/N-ethyl adjacent to an activating group) is 1. The molecule has 24 heavy (non-hydrogen) atoms. The lowest BCUT2D eigenvalue weighted by Crippen LogP contribution is -2.41. The van der Waals surface area contributed by atoms with E-state index in [2.05, 4.69) is 0 Å². The third-order valence-corrected chi connectivity index (χ3v) is 4.51. The van der Waals surface area contributed by atoms with Crippen LogP contribution in [0.2, 0.25) is 5.02 Å². The van der Waals surface area contributed by atoms with Crippen LogP contribution in [0.5, 0.6) is 0 Å². The van der Waals surface area contributed by atoms with E-state index in [-0.39, 0.29) is 23.9 Å². The summed E-state index contributed by atoms with van der Waals surface area (Å²) in [4.78, 5) is 38.3. The predicted octanol–water partition coefficient (Wildman–Crippen LogP) is 1.93.